The maximum absolute atomic E-state index is 11.7. The van der Waals surface area contributed by atoms with Gasteiger partial charge in [0.05, 0.1) is 18.5 Å². The second-order valence-corrected chi connectivity index (χ2v) is 4.06. The number of H-pyrrole nitrogens is 1. The van der Waals surface area contributed by atoms with Crippen LogP contribution in [0.2, 0.25) is 0 Å². The number of hydrogen-bond acceptors (Lipinski definition) is 6. The molecule has 0 aromatic carbocycles. The molecule has 0 saturated carbocycles. The summed E-state index contributed by atoms with van der Waals surface area (Å²) in [6.45, 7) is 1.98. The Labute approximate surface area is 106 Å². The van der Waals surface area contributed by atoms with Crippen LogP contribution >= 0.6 is 11.3 Å². The first-order valence-electron chi connectivity index (χ1n) is 5.13. The second-order valence-electron chi connectivity index (χ2n) is 3.20. The van der Waals surface area contributed by atoms with E-state index in [2.05, 4.69) is 20.5 Å². The Morgan fingerprint density at radius 1 is 1.56 bits per heavy atom. The number of esters is 1. The van der Waals surface area contributed by atoms with Crippen molar-refractivity contribution in [3.8, 4) is 0 Å². The fourth-order valence-corrected chi connectivity index (χ4v) is 1.87. The minimum atomic E-state index is -0.523. The molecule has 2 N–H and O–H groups in total. The molecule has 0 saturated heterocycles. The van der Waals surface area contributed by atoms with Gasteiger partial charge in [-0.2, -0.15) is 5.10 Å². The quantitative estimate of drug-likeness (QED) is 0.813. The first kappa shape index (κ1) is 12.2. The Hall–Kier alpha value is -2.22. The van der Waals surface area contributed by atoms with E-state index in [0.29, 0.717) is 5.69 Å². The van der Waals surface area contributed by atoms with Crippen molar-refractivity contribution in [3.63, 3.8) is 0 Å². The molecule has 7 nitrogen and oxygen atoms in total. The molecule has 2 heterocycles. The lowest BCUT2D eigenvalue weighted by Gasteiger charge is -1.98. The van der Waals surface area contributed by atoms with E-state index in [-0.39, 0.29) is 17.3 Å². The highest BCUT2D eigenvalue weighted by Gasteiger charge is 2.16. The summed E-state index contributed by atoms with van der Waals surface area (Å²) in [5.74, 6) is -0.923. The zero-order valence-corrected chi connectivity index (χ0v) is 10.3. The smallest absolute Gasteiger partial charge is 0.367 e. The van der Waals surface area contributed by atoms with Crippen molar-refractivity contribution >= 4 is 28.9 Å². The monoisotopic (exact) mass is 266 g/mol. The van der Waals surface area contributed by atoms with Crippen LogP contribution < -0.4 is 5.32 Å². The number of aromatic amines is 1. The van der Waals surface area contributed by atoms with Gasteiger partial charge in [-0.3, -0.25) is 9.89 Å². The molecule has 0 aliphatic carbocycles. The number of nitrogens with one attached hydrogen (secondary N) is 2. The van der Waals surface area contributed by atoms with Crippen molar-refractivity contribution in [1.82, 2.24) is 15.2 Å². The van der Waals surface area contributed by atoms with Crippen LogP contribution in [0.25, 0.3) is 0 Å². The maximum Gasteiger partial charge on any atom is 0.367 e. The van der Waals surface area contributed by atoms with Gasteiger partial charge in [-0.1, -0.05) is 0 Å². The largest absolute Gasteiger partial charge is 0.461 e. The van der Waals surface area contributed by atoms with Crippen LogP contribution in [-0.4, -0.2) is 33.7 Å². The molecule has 0 aliphatic rings. The molecule has 0 bridgehead atoms. The van der Waals surface area contributed by atoms with Crippen LogP contribution in [0.4, 0.5) is 5.69 Å². The normalized spacial score (nSPS) is 10.1. The summed E-state index contributed by atoms with van der Waals surface area (Å²) < 4.78 is 4.79. The number of rotatable bonds is 4. The van der Waals surface area contributed by atoms with Gasteiger partial charge in [0, 0.05) is 11.6 Å². The van der Waals surface area contributed by atoms with E-state index in [1.165, 1.54) is 17.8 Å². The summed E-state index contributed by atoms with van der Waals surface area (Å²) in [5.41, 5.74) is 0.704. The van der Waals surface area contributed by atoms with Gasteiger partial charge in [0.15, 0.2) is 0 Å². The highest BCUT2D eigenvalue weighted by molar-refractivity contribution is 7.11. The number of anilines is 1. The van der Waals surface area contributed by atoms with Crippen LogP contribution in [-0.2, 0) is 4.74 Å². The molecule has 0 fully saturated rings. The maximum atomic E-state index is 11.7. The first-order valence-corrected chi connectivity index (χ1v) is 6.01. The summed E-state index contributed by atoms with van der Waals surface area (Å²) >= 11 is 1.07. The third kappa shape index (κ3) is 2.72. The van der Waals surface area contributed by atoms with Crippen molar-refractivity contribution in [2.45, 2.75) is 6.92 Å². The van der Waals surface area contributed by atoms with Gasteiger partial charge in [-0.25, -0.2) is 9.78 Å². The van der Waals surface area contributed by atoms with Crippen molar-refractivity contribution in [2.24, 2.45) is 0 Å². The predicted molar refractivity (Wildman–Crippen MR) is 64.6 cm³/mol. The number of ether oxygens (including phenoxy) is 1. The number of thiazole rings is 1. The van der Waals surface area contributed by atoms with Gasteiger partial charge < -0.3 is 10.1 Å². The highest BCUT2D eigenvalue weighted by atomic mass is 32.1. The Morgan fingerprint density at radius 3 is 3.06 bits per heavy atom. The third-order valence-electron chi connectivity index (χ3n) is 1.94. The van der Waals surface area contributed by atoms with E-state index in [0.717, 1.165) is 11.3 Å². The van der Waals surface area contributed by atoms with Crippen LogP contribution in [0.5, 0.6) is 0 Å². The number of amides is 1. The number of hydrogen-bond donors (Lipinski definition) is 2. The molecule has 94 valence electrons. The summed E-state index contributed by atoms with van der Waals surface area (Å²) in [5, 5.41) is 10.5. The molecule has 1 amide bonds. The molecule has 0 radical (unpaired) electrons. The lowest BCUT2D eigenvalue weighted by atomic mass is 10.4. The van der Waals surface area contributed by atoms with E-state index in [1.807, 2.05) is 0 Å². The Bertz CT molecular complexity index is 549. The van der Waals surface area contributed by atoms with Gasteiger partial charge in [-0.15, -0.1) is 11.3 Å². The van der Waals surface area contributed by atoms with Crippen molar-refractivity contribution in [1.29, 1.82) is 0 Å². The van der Waals surface area contributed by atoms with Crippen molar-refractivity contribution in [2.75, 3.05) is 11.9 Å². The van der Waals surface area contributed by atoms with Gasteiger partial charge in [0.2, 0.25) is 5.01 Å². The van der Waals surface area contributed by atoms with E-state index in [4.69, 9.17) is 4.74 Å². The standard InChI is InChI=1S/C10H10N4O3S/c1-2-17-10(16)9-14-7(5-18-9)8(15)13-6-3-11-12-4-6/h3-5H,2H2,1H3,(H,11,12)(H,13,15). The van der Waals surface area contributed by atoms with E-state index in [9.17, 15) is 9.59 Å². The molecule has 0 aliphatic heterocycles. The van der Waals surface area contributed by atoms with Gasteiger partial charge in [-0.05, 0) is 6.92 Å². The average Bonchev–Trinajstić information content (AvgIpc) is 2.99. The van der Waals surface area contributed by atoms with Gasteiger partial charge in [0.25, 0.3) is 5.91 Å². The summed E-state index contributed by atoms with van der Waals surface area (Å²) in [6.07, 6.45) is 3.01. The molecule has 0 spiro atoms. The summed E-state index contributed by atoms with van der Waals surface area (Å²) in [6, 6.07) is 0. The molecule has 2 aromatic heterocycles. The molecule has 0 unspecified atom stereocenters. The summed E-state index contributed by atoms with van der Waals surface area (Å²) in [7, 11) is 0. The highest BCUT2D eigenvalue weighted by Crippen LogP contribution is 2.13. The van der Waals surface area contributed by atoms with Crippen LogP contribution in [0.15, 0.2) is 17.8 Å². The SMILES string of the molecule is CCOC(=O)c1nc(C(=O)Nc2cn[nH]c2)cs1. The fraction of sp³-hybridized carbons (Fsp3) is 0.200. The Morgan fingerprint density at radius 2 is 2.39 bits per heavy atom. The summed E-state index contributed by atoms with van der Waals surface area (Å²) in [4.78, 5) is 27.0. The fourth-order valence-electron chi connectivity index (χ4n) is 1.18. The van der Waals surface area contributed by atoms with E-state index < -0.39 is 11.9 Å². The first-order chi connectivity index (χ1) is 8.70. The minimum absolute atomic E-state index is 0.161. The van der Waals surface area contributed by atoms with E-state index in [1.54, 1.807) is 6.92 Å². The average molecular weight is 266 g/mol. The molecular formula is C10H10N4O3S. The Kier molecular flexibility index (Phi) is 3.68. The molecule has 2 rings (SSSR count). The lowest BCUT2D eigenvalue weighted by Crippen LogP contribution is -2.12. The zero-order chi connectivity index (χ0) is 13.0. The zero-order valence-electron chi connectivity index (χ0n) is 9.47. The molecule has 2 aromatic rings. The molecule has 8 heteroatoms. The lowest BCUT2D eigenvalue weighted by molar-refractivity contribution is 0.0526. The number of nitrogens with zero attached hydrogens (tertiary/aromatic N) is 2. The van der Waals surface area contributed by atoms with Crippen molar-refractivity contribution < 1.29 is 14.3 Å². The van der Waals surface area contributed by atoms with Crippen LogP contribution in [0.1, 0.15) is 27.2 Å². The number of carbonyl (C=O) groups excluding carboxylic acids is 2. The molecule has 18 heavy (non-hydrogen) atoms. The molecular weight excluding hydrogens is 256 g/mol. The van der Waals surface area contributed by atoms with Crippen molar-refractivity contribution in [3.05, 3.63) is 28.5 Å². The topological polar surface area (TPSA) is 97.0 Å². The second kappa shape index (κ2) is 5.41. The Balaban J connectivity index is 2.05. The van der Waals surface area contributed by atoms with Crippen LogP contribution in [0, 0.1) is 0 Å². The third-order valence-corrected chi connectivity index (χ3v) is 2.77. The van der Waals surface area contributed by atoms with E-state index >= 15 is 0 Å². The number of aromatic nitrogens is 3. The predicted octanol–water partition coefficient (Wildman–Crippen LogP) is 1.30. The minimum Gasteiger partial charge on any atom is -0.461 e. The van der Waals surface area contributed by atoms with Crippen LogP contribution in [0.3, 0.4) is 0 Å². The van der Waals surface area contributed by atoms with Gasteiger partial charge >= 0.3 is 5.97 Å². The van der Waals surface area contributed by atoms with Gasteiger partial charge in [0.1, 0.15) is 5.69 Å². The number of carbonyl (C=O) groups is 2. The molecule has 0 atom stereocenters.